The summed E-state index contributed by atoms with van der Waals surface area (Å²) in [5.74, 6) is 1.26. The summed E-state index contributed by atoms with van der Waals surface area (Å²) in [6.07, 6.45) is 0. The molecule has 148 valence electrons. The lowest BCUT2D eigenvalue weighted by atomic mass is 10.1. The molecule has 29 heavy (non-hydrogen) atoms. The third-order valence-corrected chi connectivity index (χ3v) is 5.50. The first kappa shape index (κ1) is 20.6. The van der Waals surface area contributed by atoms with Crippen LogP contribution in [0.5, 0.6) is 0 Å². The Morgan fingerprint density at radius 3 is 2.72 bits per heavy atom. The van der Waals surface area contributed by atoms with Gasteiger partial charge in [0, 0.05) is 18.1 Å². The van der Waals surface area contributed by atoms with E-state index in [2.05, 4.69) is 27.6 Å². The normalized spacial score (nSPS) is 10.6. The number of hydrogen-bond donors (Lipinski definition) is 1. The summed E-state index contributed by atoms with van der Waals surface area (Å²) in [5, 5.41) is 20.8. The highest BCUT2D eigenvalue weighted by atomic mass is 32.2. The van der Waals surface area contributed by atoms with Gasteiger partial charge in [0.1, 0.15) is 0 Å². The second-order valence-electron chi connectivity index (χ2n) is 6.79. The molecule has 0 bridgehead atoms. The molecule has 3 rings (SSSR count). The van der Waals surface area contributed by atoms with Crippen LogP contribution >= 0.6 is 11.8 Å². The number of aromatic nitrogens is 3. The predicted molar refractivity (Wildman–Crippen MR) is 115 cm³/mol. The maximum atomic E-state index is 12.5. The number of hydrogen-bond acceptors (Lipinski definition) is 5. The summed E-state index contributed by atoms with van der Waals surface area (Å²) >= 11 is 1.68. The molecular weight excluding hydrogens is 382 g/mol. The van der Waals surface area contributed by atoms with E-state index in [0.29, 0.717) is 23.5 Å². The van der Waals surface area contributed by atoms with E-state index < -0.39 is 0 Å². The van der Waals surface area contributed by atoms with Crippen molar-refractivity contribution in [3.63, 3.8) is 0 Å². The minimum Gasteiger partial charge on any atom is -0.350 e. The van der Waals surface area contributed by atoms with E-state index in [1.165, 1.54) is 10.4 Å². The maximum absolute atomic E-state index is 12.5. The minimum absolute atomic E-state index is 0.225. The molecule has 0 aliphatic heterocycles. The zero-order valence-electron chi connectivity index (χ0n) is 16.8. The molecule has 3 aromatic rings. The Labute approximate surface area is 174 Å². The molecule has 1 heterocycles. The van der Waals surface area contributed by atoms with Gasteiger partial charge >= 0.3 is 0 Å². The topological polar surface area (TPSA) is 83.6 Å². The van der Waals surface area contributed by atoms with Crippen molar-refractivity contribution in [2.75, 3.05) is 12.3 Å². The van der Waals surface area contributed by atoms with Gasteiger partial charge in [-0.15, -0.1) is 5.10 Å². The van der Waals surface area contributed by atoms with Gasteiger partial charge in [-0.1, -0.05) is 35.9 Å². The molecule has 0 aliphatic rings. The summed E-state index contributed by atoms with van der Waals surface area (Å²) < 4.78 is 0. The molecule has 0 unspecified atom stereocenters. The monoisotopic (exact) mass is 405 g/mol. The van der Waals surface area contributed by atoms with Gasteiger partial charge in [0.15, 0.2) is 5.69 Å². The average Bonchev–Trinajstić information content (AvgIpc) is 3.09. The number of carbonyl (C=O) groups excluding carboxylic acids is 1. The first-order valence-corrected chi connectivity index (χ1v) is 10.5. The van der Waals surface area contributed by atoms with Gasteiger partial charge in [-0.3, -0.25) is 4.79 Å². The van der Waals surface area contributed by atoms with Crippen molar-refractivity contribution in [1.82, 2.24) is 20.3 Å². The standard InChI is InChI=1S/C22H23N5OS/c1-15-8-9-20(16(2)12-15)27-25-17(3)21(26-27)22(28)24-10-11-29-14-19-7-5-4-6-18(19)13-23/h4-9,12H,10-11,14H2,1-3H3,(H,24,28). The summed E-state index contributed by atoms with van der Waals surface area (Å²) in [6, 6.07) is 15.8. The molecule has 0 atom stereocenters. The number of amides is 1. The number of nitrogens with one attached hydrogen (secondary N) is 1. The number of rotatable bonds is 7. The number of thioether (sulfide) groups is 1. The lowest BCUT2D eigenvalue weighted by molar-refractivity contribution is 0.0950. The van der Waals surface area contributed by atoms with Crippen LogP contribution in [-0.2, 0) is 5.75 Å². The molecule has 0 saturated carbocycles. The fourth-order valence-corrected chi connectivity index (χ4v) is 3.85. The lowest BCUT2D eigenvalue weighted by Gasteiger charge is -2.06. The number of aryl methyl sites for hydroxylation is 3. The molecule has 0 aliphatic carbocycles. The largest absolute Gasteiger partial charge is 0.350 e. The Morgan fingerprint density at radius 2 is 1.97 bits per heavy atom. The van der Waals surface area contributed by atoms with Crippen LogP contribution in [0.4, 0.5) is 0 Å². The molecule has 7 heteroatoms. The molecule has 0 radical (unpaired) electrons. The fourth-order valence-electron chi connectivity index (χ4n) is 2.98. The summed E-state index contributed by atoms with van der Waals surface area (Å²) in [4.78, 5) is 14.0. The van der Waals surface area contributed by atoms with Gasteiger partial charge in [-0.25, -0.2) is 0 Å². The number of benzene rings is 2. The van der Waals surface area contributed by atoms with Gasteiger partial charge in [0.25, 0.3) is 5.91 Å². The smallest absolute Gasteiger partial charge is 0.273 e. The fraction of sp³-hybridized carbons (Fsp3) is 0.273. The van der Waals surface area contributed by atoms with Gasteiger partial charge in [-0.05, 0) is 44.0 Å². The van der Waals surface area contributed by atoms with Crippen LogP contribution in [0.2, 0.25) is 0 Å². The van der Waals surface area contributed by atoms with E-state index in [1.54, 1.807) is 18.7 Å². The van der Waals surface area contributed by atoms with Crippen molar-refractivity contribution in [3.8, 4) is 11.8 Å². The SMILES string of the molecule is Cc1ccc(-n2nc(C)c(C(=O)NCCSCc3ccccc3C#N)n2)c(C)c1. The van der Waals surface area contributed by atoms with E-state index in [1.807, 2.05) is 50.2 Å². The van der Waals surface area contributed by atoms with Gasteiger partial charge < -0.3 is 5.32 Å². The minimum atomic E-state index is -0.225. The highest BCUT2D eigenvalue weighted by molar-refractivity contribution is 7.98. The van der Waals surface area contributed by atoms with Crippen LogP contribution in [0.15, 0.2) is 42.5 Å². The Balaban J connectivity index is 1.55. The molecule has 0 saturated heterocycles. The average molecular weight is 406 g/mol. The third-order valence-electron chi connectivity index (χ3n) is 4.49. The van der Waals surface area contributed by atoms with Crippen molar-refractivity contribution in [1.29, 1.82) is 5.26 Å². The van der Waals surface area contributed by atoms with Crippen LogP contribution in [0.3, 0.4) is 0 Å². The Bertz CT molecular complexity index is 1070. The summed E-state index contributed by atoms with van der Waals surface area (Å²) in [7, 11) is 0. The second kappa shape index (κ2) is 9.39. The van der Waals surface area contributed by atoms with E-state index >= 15 is 0 Å². The first-order chi connectivity index (χ1) is 14.0. The highest BCUT2D eigenvalue weighted by Gasteiger charge is 2.16. The van der Waals surface area contributed by atoms with Crippen molar-refractivity contribution < 1.29 is 4.79 Å². The molecule has 1 amide bonds. The second-order valence-corrected chi connectivity index (χ2v) is 7.90. The Morgan fingerprint density at radius 1 is 1.17 bits per heavy atom. The third kappa shape index (κ3) is 5.04. The summed E-state index contributed by atoms with van der Waals surface area (Å²) in [5.41, 5.74) is 5.73. The van der Waals surface area contributed by atoms with E-state index in [0.717, 1.165) is 28.3 Å². The van der Waals surface area contributed by atoms with Crippen LogP contribution < -0.4 is 5.32 Å². The van der Waals surface area contributed by atoms with Crippen molar-refractivity contribution >= 4 is 17.7 Å². The number of nitriles is 1. The summed E-state index contributed by atoms with van der Waals surface area (Å²) in [6.45, 7) is 6.35. The number of nitrogens with zero attached hydrogens (tertiary/aromatic N) is 4. The lowest BCUT2D eigenvalue weighted by Crippen LogP contribution is -2.27. The van der Waals surface area contributed by atoms with Crippen LogP contribution in [0, 0.1) is 32.1 Å². The van der Waals surface area contributed by atoms with E-state index in [4.69, 9.17) is 5.26 Å². The Hall–Kier alpha value is -3.11. The maximum Gasteiger partial charge on any atom is 0.273 e. The predicted octanol–water partition coefficient (Wildman–Crippen LogP) is 3.73. The molecule has 0 spiro atoms. The zero-order chi connectivity index (χ0) is 20.8. The molecule has 1 N–H and O–H groups in total. The Kier molecular flexibility index (Phi) is 6.68. The first-order valence-electron chi connectivity index (χ1n) is 9.35. The van der Waals surface area contributed by atoms with Crippen LogP contribution in [-0.4, -0.2) is 33.2 Å². The van der Waals surface area contributed by atoms with E-state index in [-0.39, 0.29) is 5.91 Å². The van der Waals surface area contributed by atoms with Gasteiger partial charge in [0.2, 0.25) is 0 Å². The van der Waals surface area contributed by atoms with Crippen LogP contribution in [0.25, 0.3) is 5.69 Å². The quantitative estimate of drug-likeness (QED) is 0.606. The van der Waals surface area contributed by atoms with Gasteiger partial charge in [0.05, 0.1) is 23.0 Å². The van der Waals surface area contributed by atoms with Crippen molar-refractivity contribution in [3.05, 3.63) is 76.1 Å². The van der Waals surface area contributed by atoms with Gasteiger partial charge in [-0.2, -0.15) is 26.9 Å². The van der Waals surface area contributed by atoms with Crippen molar-refractivity contribution in [2.24, 2.45) is 0 Å². The zero-order valence-corrected chi connectivity index (χ0v) is 17.6. The van der Waals surface area contributed by atoms with Crippen molar-refractivity contribution in [2.45, 2.75) is 26.5 Å². The van der Waals surface area contributed by atoms with Crippen LogP contribution in [0.1, 0.15) is 38.4 Å². The molecule has 0 fully saturated rings. The highest BCUT2D eigenvalue weighted by Crippen LogP contribution is 2.16. The number of carbonyl (C=O) groups is 1. The molecule has 6 nitrogen and oxygen atoms in total. The molecule has 2 aromatic carbocycles. The molecular formula is C22H23N5OS. The van der Waals surface area contributed by atoms with E-state index in [9.17, 15) is 4.79 Å². The molecule has 1 aromatic heterocycles.